The van der Waals surface area contributed by atoms with Crippen LogP contribution in [0.5, 0.6) is 0 Å². The van der Waals surface area contributed by atoms with Crippen molar-refractivity contribution in [3.05, 3.63) is 0 Å². The normalized spacial score (nSPS) is 30.4. The molecule has 0 saturated carbocycles. The summed E-state index contributed by atoms with van der Waals surface area (Å²) in [6.07, 6.45) is 5.18. The van der Waals surface area contributed by atoms with Crippen molar-refractivity contribution in [3.63, 3.8) is 0 Å². The minimum atomic E-state index is -0.455. The van der Waals surface area contributed by atoms with Gasteiger partial charge in [0, 0.05) is 26.2 Å². The molecule has 1 unspecified atom stereocenters. The van der Waals surface area contributed by atoms with Gasteiger partial charge in [-0.05, 0) is 39.0 Å². The highest BCUT2D eigenvalue weighted by atomic mass is 16.7. The number of likely N-dealkylation sites (tertiary alicyclic amines) is 1. The Morgan fingerprint density at radius 2 is 2.12 bits per heavy atom. The standard InChI is InChI=1S/C13H25NO3/c1-13(15)5-7-14(8-6-13)9-11-17-12-4-2-3-10-16-12/h12,15H,2-11H2,1H3. The number of piperidine rings is 1. The Hall–Kier alpha value is -0.160. The molecule has 2 rings (SSSR count). The zero-order valence-corrected chi connectivity index (χ0v) is 10.9. The van der Waals surface area contributed by atoms with Crippen molar-refractivity contribution in [2.24, 2.45) is 0 Å². The van der Waals surface area contributed by atoms with Crippen molar-refractivity contribution in [3.8, 4) is 0 Å². The SMILES string of the molecule is CC1(O)CCN(CCOC2CCCCO2)CC1. The van der Waals surface area contributed by atoms with E-state index < -0.39 is 5.60 Å². The van der Waals surface area contributed by atoms with Crippen molar-refractivity contribution in [1.29, 1.82) is 0 Å². The molecule has 100 valence electrons. The van der Waals surface area contributed by atoms with Crippen LogP contribution < -0.4 is 0 Å². The molecular weight excluding hydrogens is 218 g/mol. The van der Waals surface area contributed by atoms with E-state index in [9.17, 15) is 5.11 Å². The maximum Gasteiger partial charge on any atom is 0.157 e. The fraction of sp³-hybridized carbons (Fsp3) is 1.00. The van der Waals surface area contributed by atoms with Gasteiger partial charge in [0.2, 0.25) is 0 Å². The third-order valence-electron chi connectivity index (χ3n) is 3.78. The summed E-state index contributed by atoms with van der Waals surface area (Å²) in [4.78, 5) is 2.36. The number of hydrogen-bond donors (Lipinski definition) is 1. The third kappa shape index (κ3) is 4.54. The molecule has 2 aliphatic heterocycles. The van der Waals surface area contributed by atoms with Crippen LogP contribution >= 0.6 is 0 Å². The van der Waals surface area contributed by atoms with E-state index in [-0.39, 0.29) is 6.29 Å². The third-order valence-corrected chi connectivity index (χ3v) is 3.78. The lowest BCUT2D eigenvalue weighted by Crippen LogP contribution is -2.43. The minimum Gasteiger partial charge on any atom is -0.390 e. The minimum absolute atomic E-state index is 0.0247. The predicted molar refractivity (Wildman–Crippen MR) is 65.8 cm³/mol. The van der Waals surface area contributed by atoms with Crippen LogP contribution in [0.1, 0.15) is 39.0 Å². The lowest BCUT2D eigenvalue weighted by atomic mass is 9.94. The molecule has 0 bridgehead atoms. The number of ether oxygens (including phenoxy) is 2. The lowest BCUT2D eigenvalue weighted by molar-refractivity contribution is -0.165. The highest BCUT2D eigenvalue weighted by molar-refractivity contribution is 4.81. The van der Waals surface area contributed by atoms with Crippen molar-refractivity contribution in [2.45, 2.75) is 50.9 Å². The van der Waals surface area contributed by atoms with Gasteiger partial charge in [-0.3, -0.25) is 0 Å². The molecule has 0 aromatic carbocycles. The molecule has 4 nitrogen and oxygen atoms in total. The van der Waals surface area contributed by atoms with Gasteiger partial charge in [0.05, 0.1) is 12.2 Å². The fourth-order valence-corrected chi connectivity index (χ4v) is 2.41. The molecule has 17 heavy (non-hydrogen) atoms. The Kier molecular flexibility index (Phi) is 4.79. The van der Waals surface area contributed by atoms with Crippen LogP contribution in [-0.2, 0) is 9.47 Å². The average molecular weight is 243 g/mol. The molecule has 2 aliphatic rings. The second-order valence-corrected chi connectivity index (χ2v) is 5.51. The van der Waals surface area contributed by atoms with E-state index >= 15 is 0 Å². The van der Waals surface area contributed by atoms with E-state index in [1.54, 1.807) is 0 Å². The van der Waals surface area contributed by atoms with Gasteiger partial charge in [-0.1, -0.05) is 0 Å². The Morgan fingerprint density at radius 1 is 1.35 bits per heavy atom. The van der Waals surface area contributed by atoms with E-state index in [1.807, 2.05) is 6.92 Å². The highest BCUT2D eigenvalue weighted by Crippen LogP contribution is 2.21. The average Bonchev–Trinajstić information content (AvgIpc) is 2.33. The first kappa shape index (κ1) is 13.3. The summed E-state index contributed by atoms with van der Waals surface area (Å²) in [5, 5.41) is 9.84. The van der Waals surface area contributed by atoms with Gasteiger partial charge in [-0.15, -0.1) is 0 Å². The molecule has 0 aliphatic carbocycles. The lowest BCUT2D eigenvalue weighted by Gasteiger charge is -2.36. The van der Waals surface area contributed by atoms with Crippen molar-refractivity contribution < 1.29 is 14.6 Å². The Bertz CT molecular complexity index is 217. The second kappa shape index (κ2) is 6.14. The van der Waals surface area contributed by atoms with E-state index in [4.69, 9.17) is 9.47 Å². The zero-order valence-electron chi connectivity index (χ0n) is 10.9. The van der Waals surface area contributed by atoms with Gasteiger partial charge < -0.3 is 19.5 Å². The summed E-state index contributed by atoms with van der Waals surface area (Å²) < 4.78 is 11.2. The summed E-state index contributed by atoms with van der Waals surface area (Å²) >= 11 is 0. The maximum atomic E-state index is 9.84. The molecular formula is C13H25NO3. The Labute approximate surface area is 104 Å². The number of aliphatic hydroxyl groups is 1. The summed E-state index contributed by atoms with van der Waals surface area (Å²) in [5.41, 5.74) is -0.455. The van der Waals surface area contributed by atoms with Crippen LogP contribution in [0, 0.1) is 0 Å². The first-order valence-electron chi connectivity index (χ1n) is 6.84. The number of nitrogens with zero attached hydrogens (tertiary/aromatic N) is 1. The van der Waals surface area contributed by atoms with Gasteiger partial charge in [0.15, 0.2) is 6.29 Å². The first-order valence-corrected chi connectivity index (χ1v) is 6.84. The van der Waals surface area contributed by atoms with Crippen LogP contribution in [0.2, 0.25) is 0 Å². The summed E-state index contributed by atoms with van der Waals surface area (Å²) in [6.45, 7) is 6.42. The van der Waals surface area contributed by atoms with Gasteiger partial charge >= 0.3 is 0 Å². The Morgan fingerprint density at radius 3 is 2.76 bits per heavy atom. The molecule has 0 radical (unpaired) electrons. The molecule has 1 N–H and O–H groups in total. The van der Waals surface area contributed by atoms with E-state index in [0.717, 1.165) is 52.1 Å². The monoisotopic (exact) mass is 243 g/mol. The van der Waals surface area contributed by atoms with Gasteiger partial charge in [-0.2, -0.15) is 0 Å². The van der Waals surface area contributed by atoms with E-state index in [0.29, 0.717) is 0 Å². The molecule has 2 fully saturated rings. The van der Waals surface area contributed by atoms with Gasteiger partial charge in [0.25, 0.3) is 0 Å². The fourth-order valence-electron chi connectivity index (χ4n) is 2.41. The molecule has 2 saturated heterocycles. The van der Waals surface area contributed by atoms with E-state index in [2.05, 4.69) is 4.90 Å². The van der Waals surface area contributed by atoms with Crippen LogP contribution in [0.15, 0.2) is 0 Å². The summed E-state index contributed by atoms with van der Waals surface area (Å²) in [7, 11) is 0. The van der Waals surface area contributed by atoms with Crippen molar-refractivity contribution in [1.82, 2.24) is 4.90 Å². The van der Waals surface area contributed by atoms with Crippen molar-refractivity contribution >= 4 is 0 Å². The number of hydrogen-bond acceptors (Lipinski definition) is 4. The second-order valence-electron chi connectivity index (χ2n) is 5.51. The van der Waals surface area contributed by atoms with Crippen LogP contribution in [0.3, 0.4) is 0 Å². The van der Waals surface area contributed by atoms with Crippen LogP contribution in [0.25, 0.3) is 0 Å². The number of rotatable bonds is 4. The molecule has 1 atom stereocenters. The molecule has 0 aromatic heterocycles. The predicted octanol–water partition coefficient (Wildman–Crippen LogP) is 1.38. The first-order chi connectivity index (χ1) is 8.16. The summed E-state index contributed by atoms with van der Waals surface area (Å²) in [5.74, 6) is 0. The van der Waals surface area contributed by atoms with E-state index in [1.165, 1.54) is 12.8 Å². The molecule has 4 heteroatoms. The van der Waals surface area contributed by atoms with Crippen molar-refractivity contribution in [2.75, 3.05) is 32.8 Å². The molecule has 2 heterocycles. The highest BCUT2D eigenvalue weighted by Gasteiger charge is 2.27. The molecule has 0 aromatic rings. The quantitative estimate of drug-likeness (QED) is 0.810. The zero-order chi connectivity index (χ0) is 12.1. The summed E-state index contributed by atoms with van der Waals surface area (Å²) in [6, 6.07) is 0. The molecule has 0 amide bonds. The molecule has 0 spiro atoms. The smallest absolute Gasteiger partial charge is 0.157 e. The van der Waals surface area contributed by atoms with Gasteiger partial charge in [-0.25, -0.2) is 0 Å². The van der Waals surface area contributed by atoms with Crippen LogP contribution in [0.4, 0.5) is 0 Å². The topological polar surface area (TPSA) is 41.9 Å². The van der Waals surface area contributed by atoms with Crippen LogP contribution in [-0.4, -0.2) is 54.7 Å². The maximum absolute atomic E-state index is 9.84. The largest absolute Gasteiger partial charge is 0.390 e. The Balaban J connectivity index is 1.56. The van der Waals surface area contributed by atoms with Gasteiger partial charge in [0.1, 0.15) is 0 Å².